The molecule has 0 unspecified atom stereocenters. The monoisotopic (exact) mass is 220 g/mol. The van der Waals surface area contributed by atoms with Crippen molar-refractivity contribution in [2.24, 2.45) is 0 Å². The zero-order chi connectivity index (χ0) is 12.4. The Balaban J connectivity index is -0.000000147. The number of hydrogen-bond donors (Lipinski definition) is 2. The van der Waals surface area contributed by atoms with Crippen LogP contribution < -0.4 is 0 Å². The zero-order valence-electron chi connectivity index (χ0n) is 10.5. The zero-order valence-corrected chi connectivity index (χ0v) is 10.5. The Bertz CT molecular complexity index is 80.9. The Labute approximate surface area is 94.8 Å². The van der Waals surface area contributed by atoms with Crippen LogP contribution in [0.15, 0.2) is 12.7 Å². The maximum atomic E-state index is 7.62. The molecule has 0 aliphatic heterocycles. The molecule has 0 saturated heterocycles. The molecule has 0 fully saturated rings. The average Bonchev–Trinajstić information content (AvgIpc) is 2.28. The van der Waals surface area contributed by atoms with E-state index in [9.17, 15) is 0 Å². The summed E-state index contributed by atoms with van der Waals surface area (Å²) in [6, 6.07) is 0. The highest BCUT2D eigenvalue weighted by atomic mass is 16.5. The maximum Gasteiger partial charge on any atom is 0.0662 e. The number of unbranched alkanes of at least 4 members (excludes halogenated alkanes) is 2. The van der Waals surface area contributed by atoms with Crippen LogP contribution in [0.2, 0.25) is 0 Å². The van der Waals surface area contributed by atoms with E-state index in [1.807, 2.05) is 19.9 Å². The summed E-state index contributed by atoms with van der Waals surface area (Å²) >= 11 is 0. The van der Waals surface area contributed by atoms with Gasteiger partial charge in [0.2, 0.25) is 0 Å². The minimum atomic E-state index is -0.125. The molecule has 3 nitrogen and oxygen atoms in total. The van der Waals surface area contributed by atoms with E-state index in [2.05, 4.69) is 13.5 Å². The Morgan fingerprint density at radius 2 is 1.53 bits per heavy atom. The molecule has 0 aromatic rings. The molecule has 0 aromatic heterocycles. The second-order valence-electron chi connectivity index (χ2n) is 2.66. The van der Waals surface area contributed by atoms with Crippen molar-refractivity contribution >= 4 is 0 Å². The summed E-state index contributed by atoms with van der Waals surface area (Å²) in [5, 5.41) is 15.2. The topological polar surface area (TPSA) is 49.7 Å². The molecule has 0 spiro atoms. The van der Waals surface area contributed by atoms with Crippen LogP contribution in [-0.4, -0.2) is 36.6 Å². The molecule has 0 atom stereocenters. The molecule has 0 heterocycles. The number of aliphatic hydroxyl groups is 2. The number of rotatable bonds is 6. The fraction of sp³-hybridized carbons (Fsp3) is 0.833. The van der Waals surface area contributed by atoms with Crippen LogP contribution in [0.5, 0.6) is 0 Å². The van der Waals surface area contributed by atoms with Gasteiger partial charge >= 0.3 is 0 Å². The third-order valence-corrected chi connectivity index (χ3v) is 1.27. The number of hydrogen-bond acceptors (Lipinski definition) is 3. The molecular formula is C12H28O3. The van der Waals surface area contributed by atoms with E-state index in [4.69, 9.17) is 14.9 Å². The quantitative estimate of drug-likeness (QED) is 0.534. The van der Waals surface area contributed by atoms with E-state index in [1.165, 1.54) is 19.3 Å². The van der Waals surface area contributed by atoms with Crippen molar-refractivity contribution in [2.75, 3.05) is 26.4 Å². The summed E-state index contributed by atoms with van der Waals surface area (Å²) < 4.78 is 4.83. The lowest BCUT2D eigenvalue weighted by molar-refractivity contribution is 0.162. The minimum Gasteiger partial charge on any atom is -0.394 e. The van der Waals surface area contributed by atoms with Gasteiger partial charge in [0.05, 0.1) is 13.2 Å². The Morgan fingerprint density at radius 3 is 1.60 bits per heavy atom. The lowest BCUT2D eigenvalue weighted by atomic mass is 10.3. The first-order valence-electron chi connectivity index (χ1n) is 5.65. The molecule has 0 saturated carbocycles. The molecule has 2 N–H and O–H groups in total. The van der Waals surface area contributed by atoms with Gasteiger partial charge in [-0.2, -0.15) is 0 Å². The van der Waals surface area contributed by atoms with E-state index < -0.39 is 0 Å². The van der Waals surface area contributed by atoms with Gasteiger partial charge in [0.25, 0.3) is 0 Å². The molecule has 0 amide bonds. The molecule has 0 aromatic carbocycles. The summed E-state index contributed by atoms with van der Waals surface area (Å²) in [4.78, 5) is 0. The fourth-order valence-electron chi connectivity index (χ4n) is 0.553. The molecule has 0 aliphatic rings. The molecule has 0 rings (SSSR count). The second kappa shape index (κ2) is 29.2. The van der Waals surface area contributed by atoms with Gasteiger partial charge in [-0.3, -0.25) is 0 Å². The van der Waals surface area contributed by atoms with Crippen molar-refractivity contribution in [2.45, 2.75) is 40.0 Å². The summed E-state index contributed by atoms with van der Waals surface area (Å²) in [7, 11) is 0. The van der Waals surface area contributed by atoms with Crippen molar-refractivity contribution in [3.05, 3.63) is 12.7 Å². The molecule has 94 valence electrons. The third-order valence-electron chi connectivity index (χ3n) is 1.27. The molecule has 15 heavy (non-hydrogen) atoms. The molecule has 0 bridgehead atoms. The number of aliphatic hydroxyl groups excluding tert-OH is 2. The highest BCUT2D eigenvalue weighted by molar-refractivity contribution is 4.64. The Morgan fingerprint density at radius 1 is 1.07 bits per heavy atom. The van der Waals surface area contributed by atoms with E-state index in [0.29, 0.717) is 0 Å². The third kappa shape index (κ3) is 58.2. The van der Waals surface area contributed by atoms with E-state index in [1.54, 1.807) is 0 Å². The van der Waals surface area contributed by atoms with Gasteiger partial charge in [-0.15, -0.1) is 6.58 Å². The van der Waals surface area contributed by atoms with Crippen LogP contribution in [0.25, 0.3) is 0 Å². The molecule has 3 heteroatoms. The van der Waals surface area contributed by atoms with Crippen LogP contribution in [0.4, 0.5) is 0 Å². The van der Waals surface area contributed by atoms with E-state index in [0.717, 1.165) is 13.2 Å². The number of ether oxygens (including phenoxy) is 1. The predicted octanol–water partition coefficient (Wildman–Crippen LogP) is 2.38. The fourth-order valence-corrected chi connectivity index (χ4v) is 0.553. The highest BCUT2D eigenvalue weighted by Crippen LogP contribution is 1.91. The SMILES string of the molecule is C=CCCCC.CCOCC.OCCO. The first-order chi connectivity index (χ1) is 7.24. The largest absolute Gasteiger partial charge is 0.394 e. The van der Waals surface area contributed by atoms with Crippen molar-refractivity contribution in [3.63, 3.8) is 0 Å². The van der Waals surface area contributed by atoms with Gasteiger partial charge in [-0.25, -0.2) is 0 Å². The standard InChI is InChI=1S/C6H12.C4H10O.C2H6O2/c1-3-5-6-4-2;1-3-5-4-2;3-1-2-4/h3H,1,4-6H2,2H3;3-4H2,1-2H3;3-4H,1-2H2. The molecule has 0 radical (unpaired) electrons. The summed E-state index contributed by atoms with van der Waals surface area (Å²) in [6.07, 6.45) is 5.72. The van der Waals surface area contributed by atoms with Gasteiger partial charge < -0.3 is 14.9 Å². The van der Waals surface area contributed by atoms with Crippen LogP contribution in [-0.2, 0) is 4.74 Å². The first-order valence-corrected chi connectivity index (χ1v) is 5.65. The second-order valence-corrected chi connectivity index (χ2v) is 2.66. The molecule has 0 aliphatic carbocycles. The van der Waals surface area contributed by atoms with Crippen molar-refractivity contribution in [3.8, 4) is 0 Å². The van der Waals surface area contributed by atoms with E-state index >= 15 is 0 Å². The van der Waals surface area contributed by atoms with Crippen LogP contribution in [0, 0.1) is 0 Å². The summed E-state index contributed by atoms with van der Waals surface area (Å²) in [5.41, 5.74) is 0. The van der Waals surface area contributed by atoms with Crippen LogP contribution >= 0.6 is 0 Å². The maximum absolute atomic E-state index is 7.62. The number of allylic oxidation sites excluding steroid dienone is 1. The minimum absolute atomic E-state index is 0.125. The van der Waals surface area contributed by atoms with Crippen LogP contribution in [0.1, 0.15) is 40.0 Å². The predicted molar refractivity (Wildman–Crippen MR) is 66.1 cm³/mol. The van der Waals surface area contributed by atoms with Gasteiger partial charge in [0, 0.05) is 13.2 Å². The lowest BCUT2D eigenvalue weighted by Gasteiger charge is -1.86. The Hall–Kier alpha value is -0.380. The van der Waals surface area contributed by atoms with Gasteiger partial charge in [-0.1, -0.05) is 25.8 Å². The first kappa shape index (κ1) is 20.1. The Kier molecular flexibility index (Phi) is 39.1. The molecular weight excluding hydrogens is 192 g/mol. The smallest absolute Gasteiger partial charge is 0.0662 e. The lowest BCUT2D eigenvalue weighted by Crippen LogP contribution is -1.85. The van der Waals surface area contributed by atoms with Crippen molar-refractivity contribution in [1.29, 1.82) is 0 Å². The summed E-state index contributed by atoms with van der Waals surface area (Å²) in [5.74, 6) is 0. The average molecular weight is 220 g/mol. The normalized spacial score (nSPS) is 8.07. The van der Waals surface area contributed by atoms with Crippen molar-refractivity contribution in [1.82, 2.24) is 0 Å². The highest BCUT2D eigenvalue weighted by Gasteiger charge is 1.71. The van der Waals surface area contributed by atoms with Crippen molar-refractivity contribution < 1.29 is 14.9 Å². The van der Waals surface area contributed by atoms with Crippen LogP contribution in [0.3, 0.4) is 0 Å². The van der Waals surface area contributed by atoms with Gasteiger partial charge in [0.1, 0.15) is 0 Å². The summed E-state index contributed by atoms with van der Waals surface area (Å²) in [6.45, 7) is 11.2. The van der Waals surface area contributed by atoms with Gasteiger partial charge in [0.15, 0.2) is 0 Å². The van der Waals surface area contributed by atoms with E-state index in [-0.39, 0.29) is 13.2 Å². The van der Waals surface area contributed by atoms with Gasteiger partial charge in [-0.05, 0) is 20.3 Å².